The van der Waals surface area contributed by atoms with Gasteiger partial charge in [0.1, 0.15) is 11.7 Å². The fourth-order valence-electron chi connectivity index (χ4n) is 3.47. The van der Waals surface area contributed by atoms with E-state index in [0.717, 1.165) is 16.9 Å². The Bertz CT molecular complexity index is 1270. The molecule has 0 bridgehead atoms. The van der Waals surface area contributed by atoms with Crippen LogP contribution < -0.4 is 10.9 Å². The number of aromatic nitrogens is 4. The highest BCUT2D eigenvalue weighted by molar-refractivity contribution is 7.99. The molecule has 8 heteroatoms. The summed E-state index contributed by atoms with van der Waals surface area (Å²) in [4.78, 5) is 29.4. The predicted molar refractivity (Wildman–Crippen MR) is 128 cm³/mol. The van der Waals surface area contributed by atoms with Crippen LogP contribution in [0.4, 0.5) is 0 Å². The zero-order valence-corrected chi connectivity index (χ0v) is 18.7. The van der Waals surface area contributed by atoms with E-state index in [9.17, 15) is 9.59 Å². The van der Waals surface area contributed by atoms with E-state index in [1.807, 2.05) is 43.3 Å². The van der Waals surface area contributed by atoms with Gasteiger partial charge < -0.3 is 5.32 Å². The first-order valence-electron chi connectivity index (χ1n) is 10.4. The van der Waals surface area contributed by atoms with Crippen molar-refractivity contribution in [1.82, 2.24) is 24.6 Å². The van der Waals surface area contributed by atoms with Gasteiger partial charge in [-0.25, -0.2) is 9.67 Å². The Labute approximate surface area is 190 Å². The molecule has 164 valence electrons. The van der Waals surface area contributed by atoms with E-state index in [-0.39, 0.29) is 11.5 Å². The van der Waals surface area contributed by atoms with Crippen molar-refractivity contribution in [3.8, 4) is 0 Å². The van der Waals surface area contributed by atoms with Crippen LogP contribution in [0.3, 0.4) is 0 Å². The number of rotatable bonds is 9. The van der Waals surface area contributed by atoms with Crippen LogP contribution in [0.2, 0.25) is 0 Å². The van der Waals surface area contributed by atoms with E-state index < -0.39 is 0 Å². The first-order valence-corrected chi connectivity index (χ1v) is 11.6. The molecular weight excluding hydrogens is 422 g/mol. The van der Waals surface area contributed by atoms with Gasteiger partial charge in [-0.3, -0.25) is 14.2 Å². The Hall–Kier alpha value is -3.39. The lowest BCUT2D eigenvalue weighted by atomic mass is 10.1. The Morgan fingerprint density at radius 1 is 1.09 bits per heavy atom. The standard InChI is InChI=1S/C24H25N5O2S/c1-18-6-5-9-20(12-18)14-28-17-26-23-21(24(28)31)13-27-29(23)11-10-25-22(30)16-32-15-19-7-3-2-4-8-19/h2-9,12-13,17H,10-11,14-16H2,1H3,(H,25,30). The third-order valence-corrected chi connectivity index (χ3v) is 6.05. The van der Waals surface area contributed by atoms with Gasteiger partial charge in [0.2, 0.25) is 5.91 Å². The molecule has 7 nitrogen and oxygen atoms in total. The highest BCUT2D eigenvalue weighted by Gasteiger charge is 2.11. The van der Waals surface area contributed by atoms with E-state index >= 15 is 0 Å². The van der Waals surface area contributed by atoms with Crippen molar-refractivity contribution in [1.29, 1.82) is 0 Å². The van der Waals surface area contributed by atoms with Crippen LogP contribution >= 0.6 is 11.8 Å². The van der Waals surface area contributed by atoms with Gasteiger partial charge in [-0.2, -0.15) is 5.10 Å². The van der Waals surface area contributed by atoms with Crippen molar-refractivity contribution >= 4 is 28.7 Å². The number of carbonyl (C=O) groups excluding carboxylic acids is 1. The predicted octanol–water partition coefficient (Wildman–Crippen LogP) is 3.00. The molecule has 1 N–H and O–H groups in total. The normalized spacial score (nSPS) is 11.0. The maximum atomic E-state index is 12.8. The van der Waals surface area contributed by atoms with E-state index in [4.69, 9.17) is 0 Å². The summed E-state index contributed by atoms with van der Waals surface area (Å²) >= 11 is 1.58. The zero-order valence-electron chi connectivity index (χ0n) is 17.9. The van der Waals surface area contributed by atoms with Gasteiger partial charge in [0.05, 0.1) is 25.0 Å². The number of amides is 1. The van der Waals surface area contributed by atoms with Gasteiger partial charge in [0.25, 0.3) is 5.56 Å². The number of hydrogen-bond acceptors (Lipinski definition) is 5. The lowest BCUT2D eigenvalue weighted by Gasteiger charge is -2.08. The second-order valence-electron chi connectivity index (χ2n) is 7.60. The summed E-state index contributed by atoms with van der Waals surface area (Å²) in [5.74, 6) is 1.18. The minimum absolute atomic E-state index is 0.0177. The molecule has 32 heavy (non-hydrogen) atoms. The van der Waals surface area contributed by atoms with E-state index in [0.29, 0.717) is 36.4 Å². The van der Waals surface area contributed by atoms with Crippen molar-refractivity contribution in [2.75, 3.05) is 12.3 Å². The van der Waals surface area contributed by atoms with Crippen molar-refractivity contribution in [3.63, 3.8) is 0 Å². The fourth-order valence-corrected chi connectivity index (χ4v) is 4.29. The average Bonchev–Trinajstić information content (AvgIpc) is 3.20. The molecule has 0 fully saturated rings. The smallest absolute Gasteiger partial charge is 0.264 e. The molecule has 2 heterocycles. The van der Waals surface area contributed by atoms with Crippen LogP contribution in [0.5, 0.6) is 0 Å². The first-order chi connectivity index (χ1) is 15.6. The molecule has 0 saturated carbocycles. The van der Waals surface area contributed by atoms with Gasteiger partial charge in [-0.1, -0.05) is 60.2 Å². The van der Waals surface area contributed by atoms with Gasteiger partial charge in [0, 0.05) is 12.3 Å². The summed E-state index contributed by atoms with van der Waals surface area (Å²) in [5, 5.41) is 7.68. The third kappa shape index (κ3) is 5.45. The van der Waals surface area contributed by atoms with Crippen molar-refractivity contribution in [2.24, 2.45) is 0 Å². The third-order valence-electron chi connectivity index (χ3n) is 5.05. The molecule has 1 amide bonds. The summed E-state index contributed by atoms with van der Waals surface area (Å²) in [7, 11) is 0. The second-order valence-corrected chi connectivity index (χ2v) is 8.59. The van der Waals surface area contributed by atoms with Gasteiger partial charge in [0.15, 0.2) is 5.65 Å². The maximum Gasteiger partial charge on any atom is 0.264 e. The fraction of sp³-hybridized carbons (Fsp3) is 0.250. The van der Waals surface area contributed by atoms with Crippen molar-refractivity contribution < 1.29 is 4.79 Å². The monoisotopic (exact) mass is 447 g/mol. The Morgan fingerprint density at radius 2 is 1.91 bits per heavy atom. The summed E-state index contributed by atoms with van der Waals surface area (Å²) in [6.45, 7) is 3.37. The Kier molecular flexibility index (Phi) is 7.01. The highest BCUT2D eigenvalue weighted by Crippen LogP contribution is 2.11. The van der Waals surface area contributed by atoms with Crippen LogP contribution in [0.25, 0.3) is 11.0 Å². The minimum Gasteiger partial charge on any atom is -0.354 e. The summed E-state index contributed by atoms with van der Waals surface area (Å²) in [6.07, 6.45) is 3.11. The molecule has 2 aromatic heterocycles. The minimum atomic E-state index is -0.121. The number of nitrogens with zero attached hydrogens (tertiary/aromatic N) is 4. The average molecular weight is 448 g/mol. The highest BCUT2D eigenvalue weighted by atomic mass is 32.2. The van der Waals surface area contributed by atoms with Crippen LogP contribution in [0.1, 0.15) is 16.7 Å². The molecule has 0 saturated heterocycles. The topological polar surface area (TPSA) is 81.8 Å². The van der Waals surface area contributed by atoms with Crippen molar-refractivity contribution in [3.05, 3.63) is 94.2 Å². The van der Waals surface area contributed by atoms with E-state index in [2.05, 4.69) is 33.6 Å². The number of nitrogens with one attached hydrogen (secondary N) is 1. The van der Waals surface area contributed by atoms with Crippen molar-refractivity contribution in [2.45, 2.75) is 25.8 Å². The molecule has 2 aromatic carbocycles. The molecule has 0 aliphatic carbocycles. The van der Waals surface area contributed by atoms with E-state index in [1.165, 1.54) is 5.56 Å². The maximum absolute atomic E-state index is 12.8. The van der Waals surface area contributed by atoms with Gasteiger partial charge in [-0.05, 0) is 18.1 Å². The molecule has 4 aromatic rings. The van der Waals surface area contributed by atoms with Crippen LogP contribution in [0, 0.1) is 6.92 Å². The summed E-state index contributed by atoms with van der Waals surface area (Å²) in [5.41, 5.74) is 3.81. The molecular formula is C24H25N5O2S. The lowest BCUT2D eigenvalue weighted by Crippen LogP contribution is -2.29. The number of aryl methyl sites for hydroxylation is 1. The summed E-state index contributed by atoms with van der Waals surface area (Å²) < 4.78 is 3.25. The molecule has 0 unspecified atom stereocenters. The Morgan fingerprint density at radius 3 is 2.72 bits per heavy atom. The SMILES string of the molecule is Cc1cccc(Cn2cnc3c(cnn3CCNC(=O)CSCc3ccccc3)c2=O)c1. The molecule has 0 radical (unpaired) electrons. The van der Waals surface area contributed by atoms with Crippen LogP contribution in [0.15, 0.2) is 71.9 Å². The van der Waals surface area contributed by atoms with Crippen LogP contribution in [-0.2, 0) is 23.6 Å². The lowest BCUT2D eigenvalue weighted by molar-refractivity contribution is -0.118. The van der Waals surface area contributed by atoms with E-state index in [1.54, 1.807) is 33.5 Å². The van der Waals surface area contributed by atoms with Gasteiger partial charge in [-0.15, -0.1) is 11.8 Å². The molecule has 0 atom stereocenters. The molecule has 0 aliphatic rings. The number of carbonyl (C=O) groups is 1. The molecule has 0 aliphatic heterocycles. The number of hydrogen-bond donors (Lipinski definition) is 1. The quantitative estimate of drug-likeness (QED) is 0.427. The van der Waals surface area contributed by atoms with Gasteiger partial charge >= 0.3 is 0 Å². The zero-order chi connectivity index (χ0) is 22.3. The number of benzene rings is 2. The number of thioether (sulfide) groups is 1. The largest absolute Gasteiger partial charge is 0.354 e. The number of fused-ring (bicyclic) bond motifs is 1. The first kappa shape index (κ1) is 21.8. The molecule has 0 spiro atoms. The van der Waals surface area contributed by atoms with Crippen LogP contribution in [-0.4, -0.2) is 37.5 Å². The second kappa shape index (κ2) is 10.3. The Balaban J connectivity index is 1.31. The molecule has 4 rings (SSSR count). The summed E-state index contributed by atoms with van der Waals surface area (Å²) in [6, 6.07) is 18.1.